The number of aryl methyl sites for hydroxylation is 2. The molecule has 0 aliphatic heterocycles. The van der Waals surface area contributed by atoms with Crippen LogP contribution in [0.2, 0.25) is 0 Å². The molecule has 0 radical (unpaired) electrons. The molecule has 1 amide bonds. The highest BCUT2D eigenvalue weighted by molar-refractivity contribution is 5.87. The molecule has 0 saturated carbocycles. The summed E-state index contributed by atoms with van der Waals surface area (Å²) in [7, 11) is 0. The van der Waals surface area contributed by atoms with Crippen molar-refractivity contribution in [1.82, 2.24) is 9.97 Å². The lowest BCUT2D eigenvalue weighted by molar-refractivity contribution is -0.114. The molecule has 1 aromatic carbocycles. The van der Waals surface area contributed by atoms with Crippen LogP contribution in [0.1, 0.15) is 18.1 Å². The van der Waals surface area contributed by atoms with Gasteiger partial charge in [0, 0.05) is 12.5 Å². The van der Waals surface area contributed by atoms with E-state index in [2.05, 4.69) is 33.5 Å². The van der Waals surface area contributed by atoms with Gasteiger partial charge in [-0.1, -0.05) is 17.7 Å². The maximum atomic E-state index is 10.9. The van der Waals surface area contributed by atoms with Crippen molar-refractivity contribution in [2.75, 3.05) is 5.32 Å². The van der Waals surface area contributed by atoms with Crippen LogP contribution in [-0.2, 0) is 4.79 Å². The minimum Gasteiger partial charge on any atom is -0.324 e. The van der Waals surface area contributed by atoms with Crippen molar-refractivity contribution in [2.45, 2.75) is 20.8 Å². The summed E-state index contributed by atoms with van der Waals surface area (Å²) in [6.45, 7) is 5.56. The lowest BCUT2D eigenvalue weighted by atomic mass is 10.0. The van der Waals surface area contributed by atoms with Crippen LogP contribution in [0.3, 0.4) is 0 Å². The van der Waals surface area contributed by atoms with Crippen LogP contribution < -0.4 is 5.32 Å². The first-order chi connectivity index (χ1) is 8.06. The number of anilines is 1. The highest BCUT2D eigenvalue weighted by Gasteiger charge is 2.06. The minimum atomic E-state index is -0.133. The molecule has 0 bridgehead atoms. The van der Waals surface area contributed by atoms with Gasteiger partial charge in [-0.05, 0) is 25.5 Å². The summed E-state index contributed by atoms with van der Waals surface area (Å²) >= 11 is 0. The van der Waals surface area contributed by atoms with E-state index in [4.69, 9.17) is 0 Å². The second-order valence-corrected chi connectivity index (χ2v) is 4.15. The highest BCUT2D eigenvalue weighted by atomic mass is 16.1. The number of imidazole rings is 1. The van der Waals surface area contributed by atoms with Gasteiger partial charge in [0.2, 0.25) is 11.9 Å². The molecule has 88 valence electrons. The maximum Gasteiger partial charge on any atom is 0.223 e. The quantitative estimate of drug-likeness (QED) is 0.831. The van der Waals surface area contributed by atoms with Gasteiger partial charge in [0.05, 0.1) is 11.9 Å². The summed E-state index contributed by atoms with van der Waals surface area (Å²) in [4.78, 5) is 18.1. The first kappa shape index (κ1) is 11.4. The average Bonchev–Trinajstić information content (AvgIpc) is 2.69. The predicted molar refractivity (Wildman–Crippen MR) is 67.8 cm³/mol. The van der Waals surface area contributed by atoms with E-state index < -0.39 is 0 Å². The second kappa shape index (κ2) is 4.41. The molecule has 0 aliphatic carbocycles. The Hall–Kier alpha value is -2.10. The van der Waals surface area contributed by atoms with Gasteiger partial charge in [0.25, 0.3) is 0 Å². The van der Waals surface area contributed by atoms with E-state index in [1.165, 1.54) is 18.1 Å². The maximum absolute atomic E-state index is 10.9. The van der Waals surface area contributed by atoms with Crippen molar-refractivity contribution in [2.24, 2.45) is 0 Å². The van der Waals surface area contributed by atoms with Crippen molar-refractivity contribution in [1.29, 1.82) is 0 Å². The van der Waals surface area contributed by atoms with Crippen LogP contribution in [0, 0.1) is 13.8 Å². The zero-order valence-electron chi connectivity index (χ0n) is 10.2. The number of nitrogens with one attached hydrogen (secondary N) is 2. The standard InChI is InChI=1S/C13H15N3O/c1-8-4-5-9(2)11(6-8)12-7-14-13(16-12)15-10(3)17/h4-7H,1-3H3,(H2,14,15,16,17). The third kappa shape index (κ3) is 2.53. The molecule has 0 spiro atoms. The Morgan fingerprint density at radius 2 is 2.12 bits per heavy atom. The van der Waals surface area contributed by atoms with Crippen LogP contribution in [0.15, 0.2) is 24.4 Å². The number of aromatic nitrogens is 2. The lowest BCUT2D eigenvalue weighted by Crippen LogP contribution is -2.06. The normalized spacial score (nSPS) is 10.3. The molecule has 2 N–H and O–H groups in total. The van der Waals surface area contributed by atoms with Gasteiger partial charge >= 0.3 is 0 Å². The molecular formula is C13H15N3O. The van der Waals surface area contributed by atoms with Crippen LogP contribution >= 0.6 is 0 Å². The highest BCUT2D eigenvalue weighted by Crippen LogP contribution is 2.23. The second-order valence-electron chi connectivity index (χ2n) is 4.15. The summed E-state index contributed by atoms with van der Waals surface area (Å²) in [5.74, 6) is 0.347. The number of amides is 1. The Morgan fingerprint density at radius 3 is 2.82 bits per heavy atom. The fourth-order valence-electron chi connectivity index (χ4n) is 1.71. The van der Waals surface area contributed by atoms with Gasteiger partial charge in [-0.3, -0.25) is 10.1 Å². The van der Waals surface area contributed by atoms with Crippen LogP contribution in [0.5, 0.6) is 0 Å². The summed E-state index contributed by atoms with van der Waals surface area (Å²) in [5.41, 5.74) is 4.39. The van der Waals surface area contributed by atoms with Gasteiger partial charge < -0.3 is 4.98 Å². The molecule has 2 rings (SSSR count). The van der Waals surface area contributed by atoms with Crippen LogP contribution in [-0.4, -0.2) is 15.9 Å². The molecule has 1 aromatic heterocycles. The Kier molecular flexibility index (Phi) is 2.95. The molecule has 0 aliphatic rings. The Bertz CT molecular complexity index is 558. The number of rotatable bonds is 2. The number of carbonyl (C=O) groups excluding carboxylic acids is 1. The van der Waals surface area contributed by atoms with Crippen molar-refractivity contribution in [3.63, 3.8) is 0 Å². The fourth-order valence-corrected chi connectivity index (χ4v) is 1.71. The molecule has 0 fully saturated rings. The molecule has 17 heavy (non-hydrogen) atoms. The minimum absolute atomic E-state index is 0.133. The molecule has 4 nitrogen and oxygen atoms in total. The predicted octanol–water partition coefficient (Wildman–Crippen LogP) is 2.65. The zero-order valence-corrected chi connectivity index (χ0v) is 10.2. The van der Waals surface area contributed by atoms with Crippen LogP contribution in [0.4, 0.5) is 5.95 Å². The molecule has 2 aromatic rings. The number of hydrogen-bond acceptors (Lipinski definition) is 2. The van der Waals surface area contributed by atoms with E-state index in [0.717, 1.165) is 11.3 Å². The molecule has 1 heterocycles. The van der Waals surface area contributed by atoms with Crippen molar-refractivity contribution < 1.29 is 4.79 Å². The first-order valence-corrected chi connectivity index (χ1v) is 5.46. The molecule has 4 heteroatoms. The lowest BCUT2D eigenvalue weighted by Gasteiger charge is -2.04. The first-order valence-electron chi connectivity index (χ1n) is 5.46. The summed E-state index contributed by atoms with van der Waals surface area (Å²) in [5, 5.41) is 2.62. The van der Waals surface area contributed by atoms with E-state index in [1.54, 1.807) is 6.20 Å². The topological polar surface area (TPSA) is 57.8 Å². The fraction of sp³-hybridized carbons (Fsp3) is 0.231. The number of hydrogen-bond donors (Lipinski definition) is 2. The SMILES string of the molecule is CC(=O)Nc1ncc(-c2cc(C)ccc2C)[nH]1. The van der Waals surface area contributed by atoms with Gasteiger partial charge in [-0.15, -0.1) is 0 Å². The monoisotopic (exact) mass is 229 g/mol. The summed E-state index contributed by atoms with van der Waals surface area (Å²) in [6, 6.07) is 6.24. The van der Waals surface area contributed by atoms with Crippen molar-refractivity contribution in [3.05, 3.63) is 35.5 Å². The van der Waals surface area contributed by atoms with E-state index >= 15 is 0 Å². The van der Waals surface area contributed by atoms with Gasteiger partial charge in [-0.2, -0.15) is 0 Å². The van der Waals surface area contributed by atoms with E-state index in [1.807, 2.05) is 13.8 Å². The number of carbonyl (C=O) groups is 1. The molecular weight excluding hydrogens is 214 g/mol. The Morgan fingerprint density at radius 1 is 1.35 bits per heavy atom. The van der Waals surface area contributed by atoms with Crippen LogP contribution in [0.25, 0.3) is 11.3 Å². The number of nitrogens with zero attached hydrogens (tertiary/aromatic N) is 1. The summed E-state index contributed by atoms with van der Waals surface area (Å²) in [6.07, 6.45) is 1.73. The number of benzene rings is 1. The van der Waals surface area contributed by atoms with E-state index in [-0.39, 0.29) is 5.91 Å². The summed E-state index contributed by atoms with van der Waals surface area (Å²) < 4.78 is 0. The zero-order chi connectivity index (χ0) is 12.4. The van der Waals surface area contributed by atoms with Gasteiger partial charge in [-0.25, -0.2) is 4.98 Å². The number of aromatic amines is 1. The Balaban J connectivity index is 2.36. The van der Waals surface area contributed by atoms with E-state index in [9.17, 15) is 4.79 Å². The largest absolute Gasteiger partial charge is 0.324 e. The third-order valence-electron chi connectivity index (χ3n) is 2.55. The Labute approximate surface area is 100 Å². The number of H-pyrrole nitrogens is 1. The molecule has 0 saturated heterocycles. The molecule has 0 atom stereocenters. The average molecular weight is 229 g/mol. The van der Waals surface area contributed by atoms with Crippen molar-refractivity contribution >= 4 is 11.9 Å². The third-order valence-corrected chi connectivity index (χ3v) is 2.55. The smallest absolute Gasteiger partial charge is 0.223 e. The van der Waals surface area contributed by atoms with E-state index in [0.29, 0.717) is 5.95 Å². The van der Waals surface area contributed by atoms with Gasteiger partial charge in [0.15, 0.2) is 0 Å². The van der Waals surface area contributed by atoms with Gasteiger partial charge in [0.1, 0.15) is 0 Å². The molecule has 0 unspecified atom stereocenters. The van der Waals surface area contributed by atoms with Crippen molar-refractivity contribution in [3.8, 4) is 11.3 Å².